The summed E-state index contributed by atoms with van der Waals surface area (Å²) >= 11 is 0. The molecule has 5 nitrogen and oxygen atoms in total. The minimum Gasteiger partial charge on any atom is -0.494 e. The number of aromatic nitrogens is 2. The fourth-order valence-corrected chi connectivity index (χ4v) is 2.95. The van der Waals surface area contributed by atoms with E-state index in [0.29, 0.717) is 12.6 Å². The number of nitrogens with zero attached hydrogens (tertiary/aromatic N) is 3. The van der Waals surface area contributed by atoms with Crippen LogP contribution in [0.4, 0.5) is 23.1 Å². The number of anilines is 4. The normalized spacial score (nSPS) is 10.5. The van der Waals surface area contributed by atoms with Crippen molar-refractivity contribution in [1.82, 2.24) is 9.97 Å². The number of hydrogen-bond donors (Lipinski definition) is 1. The van der Waals surface area contributed by atoms with Gasteiger partial charge in [0.15, 0.2) is 0 Å². The van der Waals surface area contributed by atoms with Crippen LogP contribution in [0.15, 0.2) is 54.6 Å². The molecule has 0 radical (unpaired) electrons. The molecule has 0 fully saturated rings. The number of rotatable bonds is 7. The molecule has 2 aromatic carbocycles. The first kappa shape index (κ1) is 18.7. The van der Waals surface area contributed by atoms with Crippen LogP contribution in [0.25, 0.3) is 0 Å². The molecule has 0 atom stereocenters. The standard InChI is InChI=1S/C22H26N4O/c1-5-26(19-9-7-8-16(3)14-19)21-15-17(4)23-22(25-21)24-18-10-12-20(13-11-18)27-6-2/h7-15H,5-6H2,1-4H3,(H,23,24,25). The highest BCUT2D eigenvalue weighted by Gasteiger charge is 2.12. The van der Waals surface area contributed by atoms with E-state index >= 15 is 0 Å². The zero-order valence-corrected chi connectivity index (χ0v) is 16.4. The summed E-state index contributed by atoms with van der Waals surface area (Å²) in [6, 6.07) is 18.3. The molecule has 0 amide bonds. The molecule has 3 rings (SSSR count). The zero-order chi connectivity index (χ0) is 19.2. The molecule has 0 saturated carbocycles. The topological polar surface area (TPSA) is 50.3 Å². The van der Waals surface area contributed by atoms with E-state index in [0.717, 1.165) is 35.2 Å². The van der Waals surface area contributed by atoms with E-state index in [4.69, 9.17) is 9.72 Å². The third-order valence-corrected chi connectivity index (χ3v) is 4.17. The molecule has 0 spiro atoms. The van der Waals surface area contributed by atoms with Crippen LogP contribution < -0.4 is 15.0 Å². The van der Waals surface area contributed by atoms with Crippen molar-refractivity contribution < 1.29 is 4.74 Å². The Morgan fingerprint density at radius 3 is 2.41 bits per heavy atom. The molecule has 5 heteroatoms. The lowest BCUT2D eigenvalue weighted by molar-refractivity contribution is 0.340. The first-order valence-corrected chi connectivity index (χ1v) is 9.28. The Kier molecular flexibility index (Phi) is 5.91. The summed E-state index contributed by atoms with van der Waals surface area (Å²) in [6.45, 7) is 9.66. The number of ether oxygens (including phenoxy) is 1. The second kappa shape index (κ2) is 8.54. The average Bonchev–Trinajstić information content (AvgIpc) is 2.64. The quantitative estimate of drug-likeness (QED) is 0.610. The maximum atomic E-state index is 5.49. The summed E-state index contributed by atoms with van der Waals surface area (Å²) < 4.78 is 5.49. The second-order valence-electron chi connectivity index (χ2n) is 6.36. The molecular weight excluding hydrogens is 336 g/mol. The van der Waals surface area contributed by atoms with Gasteiger partial charge in [0.05, 0.1) is 6.61 Å². The van der Waals surface area contributed by atoms with Gasteiger partial charge in [-0.05, 0) is 69.7 Å². The van der Waals surface area contributed by atoms with Gasteiger partial charge in [-0.15, -0.1) is 0 Å². The van der Waals surface area contributed by atoms with Crippen molar-refractivity contribution in [3.05, 3.63) is 65.9 Å². The van der Waals surface area contributed by atoms with E-state index in [1.165, 1.54) is 5.56 Å². The van der Waals surface area contributed by atoms with Crippen molar-refractivity contribution >= 4 is 23.1 Å². The molecule has 0 aliphatic heterocycles. The Labute approximate surface area is 161 Å². The molecule has 27 heavy (non-hydrogen) atoms. The van der Waals surface area contributed by atoms with Gasteiger partial charge in [-0.1, -0.05) is 12.1 Å². The first-order valence-electron chi connectivity index (χ1n) is 9.28. The molecule has 0 aliphatic carbocycles. The predicted octanol–water partition coefficient (Wildman–Crippen LogP) is 5.39. The van der Waals surface area contributed by atoms with Crippen LogP contribution in [0, 0.1) is 13.8 Å². The van der Waals surface area contributed by atoms with Crippen molar-refractivity contribution in [2.75, 3.05) is 23.4 Å². The van der Waals surface area contributed by atoms with Gasteiger partial charge in [-0.3, -0.25) is 0 Å². The lowest BCUT2D eigenvalue weighted by Gasteiger charge is -2.23. The molecule has 0 saturated heterocycles. The Morgan fingerprint density at radius 2 is 1.74 bits per heavy atom. The summed E-state index contributed by atoms with van der Waals surface area (Å²) in [6.07, 6.45) is 0. The number of nitrogens with one attached hydrogen (secondary N) is 1. The molecule has 0 unspecified atom stereocenters. The lowest BCUT2D eigenvalue weighted by atomic mass is 10.2. The number of hydrogen-bond acceptors (Lipinski definition) is 5. The summed E-state index contributed by atoms with van der Waals surface area (Å²) in [7, 11) is 0. The van der Waals surface area contributed by atoms with Crippen molar-refractivity contribution in [3.63, 3.8) is 0 Å². The van der Waals surface area contributed by atoms with Gasteiger partial charge >= 0.3 is 0 Å². The van der Waals surface area contributed by atoms with Gasteiger partial charge in [-0.2, -0.15) is 4.98 Å². The summed E-state index contributed by atoms with van der Waals surface area (Å²) in [5.74, 6) is 2.31. The van der Waals surface area contributed by atoms with Crippen LogP contribution >= 0.6 is 0 Å². The monoisotopic (exact) mass is 362 g/mol. The smallest absolute Gasteiger partial charge is 0.229 e. The molecule has 1 N–H and O–H groups in total. The van der Waals surface area contributed by atoms with E-state index in [9.17, 15) is 0 Å². The van der Waals surface area contributed by atoms with E-state index in [2.05, 4.69) is 53.3 Å². The fraction of sp³-hybridized carbons (Fsp3) is 0.273. The van der Waals surface area contributed by atoms with Crippen LogP contribution in [0.1, 0.15) is 25.1 Å². The maximum Gasteiger partial charge on any atom is 0.229 e. The van der Waals surface area contributed by atoms with Gasteiger partial charge in [0, 0.05) is 29.7 Å². The highest BCUT2D eigenvalue weighted by molar-refractivity contribution is 5.63. The molecular formula is C22H26N4O. The molecule has 1 aromatic heterocycles. The highest BCUT2D eigenvalue weighted by Crippen LogP contribution is 2.26. The highest BCUT2D eigenvalue weighted by atomic mass is 16.5. The minimum absolute atomic E-state index is 0.584. The Hall–Kier alpha value is -3.08. The van der Waals surface area contributed by atoms with Crippen LogP contribution in [0.3, 0.4) is 0 Å². The van der Waals surface area contributed by atoms with E-state index in [1.807, 2.05) is 44.2 Å². The number of aryl methyl sites for hydroxylation is 2. The summed E-state index contributed by atoms with van der Waals surface area (Å²) in [5.41, 5.74) is 4.19. The molecule has 1 heterocycles. The van der Waals surface area contributed by atoms with E-state index in [1.54, 1.807) is 0 Å². The molecule has 3 aromatic rings. The van der Waals surface area contributed by atoms with Crippen molar-refractivity contribution in [2.45, 2.75) is 27.7 Å². The van der Waals surface area contributed by atoms with Gasteiger partial charge in [-0.25, -0.2) is 4.98 Å². The number of benzene rings is 2. The van der Waals surface area contributed by atoms with Gasteiger partial charge in [0.25, 0.3) is 0 Å². The SMILES string of the molecule is CCOc1ccc(Nc2nc(C)cc(N(CC)c3cccc(C)c3)n2)cc1. The minimum atomic E-state index is 0.584. The van der Waals surface area contributed by atoms with Crippen molar-refractivity contribution in [2.24, 2.45) is 0 Å². The van der Waals surface area contributed by atoms with Crippen LogP contribution in [0.5, 0.6) is 5.75 Å². The molecule has 140 valence electrons. The first-order chi connectivity index (χ1) is 13.1. The Morgan fingerprint density at radius 1 is 0.963 bits per heavy atom. The van der Waals surface area contributed by atoms with Crippen LogP contribution in [-0.2, 0) is 0 Å². The third-order valence-electron chi connectivity index (χ3n) is 4.17. The third kappa shape index (κ3) is 4.76. The van der Waals surface area contributed by atoms with Crippen LogP contribution in [-0.4, -0.2) is 23.1 Å². The van der Waals surface area contributed by atoms with Gasteiger partial charge in [0.2, 0.25) is 5.95 Å². The largest absolute Gasteiger partial charge is 0.494 e. The lowest BCUT2D eigenvalue weighted by Crippen LogP contribution is -2.18. The van der Waals surface area contributed by atoms with Crippen molar-refractivity contribution in [3.8, 4) is 5.75 Å². The van der Waals surface area contributed by atoms with Gasteiger partial charge in [0.1, 0.15) is 11.6 Å². The average molecular weight is 362 g/mol. The predicted molar refractivity (Wildman–Crippen MR) is 112 cm³/mol. The Bertz CT molecular complexity index is 893. The second-order valence-corrected chi connectivity index (χ2v) is 6.36. The maximum absolute atomic E-state index is 5.49. The van der Waals surface area contributed by atoms with Crippen LogP contribution in [0.2, 0.25) is 0 Å². The summed E-state index contributed by atoms with van der Waals surface area (Å²) in [4.78, 5) is 11.5. The van der Waals surface area contributed by atoms with E-state index < -0.39 is 0 Å². The Balaban J connectivity index is 1.87. The van der Waals surface area contributed by atoms with Gasteiger partial charge < -0.3 is 15.0 Å². The molecule has 0 bridgehead atoms. The summed E-state index contributed by atoms with van der Waals surface area (Å²) in [5, 5.41) is 3.29. The molecule has 0 aliphatic rings. The van der Waals surface area contributed by atoms with Crippen molar-refractivity contribution in [1.29, 1.82) is 0 Å². The van der Waals surface area contributed by atoms with E-state index in [-0.39, 0.29) is 0 Å². The fourth-order valence-electron chi connectivity index (χ4n) is 2.95. The zero-order valence-electron chi connectivity index (χ0n) is 16.4.